The van der Waals surface area contributed by atoms with Crippen molar-refractivity contribution in [2.45, 2.75) is 4.90 Å². The summed E-state index contributed by atoms with van der Waals surface area (Å²) in [5.41, 5.74) is 4.96. The van der Waals surface area contributed by atoms with Gasteiger partial charge in [0.15, 0.2) is 4.90 Å². The number of nitro groups is 1. The molecule has 9 nitrogen and oxygen atoms in total. The third-order valence-corrected chi connectivity index (χ3v) is 3.93. The number of aryl methyl sites for hydroxylation is 1. The molecule has 0 atom stereocenters. The molecular formula is C10H11N5O4S. The second-order valence-electron chi connectivity index (χ2n) is 3.93. The number of rotatable bonds is 4. The van der Waals surface area contributed by atoms with E-state index < -0.39 is 25.5 Å². The van der Waals surface area contributed by atoms with Gasteiger partial charge >= 0.3 is 0 Å². The van der Waals surface area contributed by atoms with E-state index in [0.717, 1.165) is 12.1 Å². The molecule has 2 rings (SSSR count). The van der Waals surface area contributed by atoms with Gasteiger partial charge in [0.1, 0.15) is 5.82 Å². The second kappa shape index (κ2) is 4.81. The SMILES string of the molecule is Cn1nccc1NS(=O)(=O)c1ccc(N)cc1[N+](=O)[O-]. The summed E-state index contributed by atoms with van der Waals surface area (Å²) in [6.45, 7) is 0. The highest BCUT2D eigenvalue weighted by atomic mass is 32.2. The Kier molecular flexibility index (Phi) is 3.32. The normalized spacial score (nSPS) is 11.2. The summed E-state index contributed by atoms with van der Waals surface area (Å²) in [4.78, 5) is 9.67. The number of nitrogens with two attached hydrogens (primary N) is 1. The topological polar surface area (TPSA) is 133 Å². The molecule has 0 aliphatic rings. The van der Waals surface area contributed by atoms with E-state index in [9.17, 15) is 18.5 Å². The second-order valence-corrected chi connectivity index (χ2v) is 5.58. The van der Waals surface area contributed by atoms with Crippen molar-refractivity contribution >= 4 is 27.2 Å². The van der Waals surface area contributed by atoms with Crippen LogP contribution in [0.15, 0.2) is 35.4 Å². The van der Waals surface area contributed by atoms with Crippen LogP contribution >= 0.6 is 0 Å². The van der Waals surface area contributed by atoms with Crippen LogP contribution in [0.2, 0.25) is 0 Å². The van der Waals surface area contributed by atoms with E-state index in [1.54, 1.807) is 0 Å². The van der Waals surface area contributed by atoms with Crippen molar-refractivity contribution in [2.24, 2.45) is 7.05 Å². The zero-order valence-corrected chi connectivity index (χ0v) is 11.2. The van der Waals surface area contributed by atoms with Crippen molar-refractivity contribution in [2.75, 3.05) is 10.5 Å². The van der Waals surface area contributed by atoms with Gasteiger partial charge in [0.25, 0.3) is 15.7 Å². The first kappa shape index (κ1) is 13.8. The van der Waals surface area contributed by atoms with Crippen LogP contribution in [0.4, 0.5) is 17.2 Å². The number of nitrogens with one attached hydrogen (secondary N) is 1. The van der Waals surface area contributed by atoms with Crippen LogP contribution in [0.25, 0.3) is 0 Å². The molecule has 0 spiro atoms. The lowest BCUT2D eigenvalue weighted by Gasteiger charge is -2.08. The van der Waals surface area contributed by atoms with Gasteiger partial charge in [-0.2, -0.15) is 5.10 Å². The van der Waals surface area contributed by atoms with Crippen molar-refractivity contribution in [1.82, 2.24) is 9.78 Å². The van der Waals surface area contributed by atoms with Gasteiger partial charge in [-0.25, -0.2) is 8.42 Å². The van der Waals surface area contributed by atoms with Gasteiger partial charge in [-0.05, 0) is 12.1 Å². The molecule has 0 unspecified atom stereocenters. The fraction of sp³-hybridized carbons (Fsp3) is 0.100. The summed E-state index contributed by atoms with van der Waals surface area (Å²) in [6, 6.07) is 4.80. The Balaban J connectivity index is 2.50. The molecule has 0 fully saturated rings. The van der Waals surface area contributed by atoms with E-state index in [-0.39, 0.29) is 11.5 Å². The van der Waals surface area contributed by atoms with Gasteiger partial charge in [-0.3, -0.25) is 19.5 Å². The Morgan fingerprint density at radius 1 is 1.40 bits per heavy atom. The monoisotopic (exact) mass is 297 g/mol. The Labute approximate surface area is 114 Å². The lowest BCUT2D eigenvalue weighted by atomic mass is 10.3. The maximum absolute atomic E-state index is 12.2. The van der Waals surface area contributed by atoms with Crippen LogP contribution in [0.3, 0.4) is 0 Å². The summed E-state index contributed by atoms with van der Waals surface area (Å²) in [5.74, 6) is 0.191. The van der Waals surface area contributed by atoms with Crippen LogP contribution in [0, 0.1) is 10.1 Å². The Hall–Kier alpha value is -2.62. The van der Waals surface area contributed by atoms with Crippen molar-refractivity contribution in [3.05, 3.63) is 40.6 Å². The highest BCUT2D eigenvalue weighted by Gasteiger charge is 2.26. The fourth-order valence-electron chi connectivity index (χ4n) is 1.57. The molecule has 0 amide bonds. The molecule has 106 valence electrons. The summed E-state index contributed by atoms with van der Waals surface area (Å²) >= 11 is 0. The van der Waals surface area contributed by atoms with Crippen molar-refractivity contribution < 1.29 is 13.3 Å². The fourth-order valence-corrected chi connectivity index (χ4v) is 2.81. The third-order valence-electron chi connectivity index (χ3n) is 2.53. The Bertz CT molecular complexity index is 768. The first-order valence-electron chi connectivity index (χ1n) is 5.36. The largest absolute Gasteiger partial charge is 0.399 e. The number of nitrogens with zero attached hydrogens (tertiary/aromatic N) is 3. The van der Waals surface area contributed by atoms with Crippen LogP contribution in [0.1, 0.15) is 0 Å². The molecule has 3 N–H and O–H groups in total. The van der Waals surface area contributed by atoms with Gasteiger partial charge in [-0.1, -0.05) is 0 Å². The van der Waals surface area contributed by atoms with Crippen LogP contribution in [-0.2, 0) is 17.1 Å². The smallest absolute Gasteiger partial charge is 0.291 e. The van der Waals surface area contributed by atoms with Crippen LogP contribution in [0.5, 0.6) is 0 Å². The molecule has 10 heteroatoms. The maximum atomic E-state index is 12.2. The van der Waals surface area contributed by atoms with E-state index in [1.807, 2.05) is 0 Å². The van der Waals surface area contributed by atoms with Gasteiger partial charge < -0.3 is 5.73 Å². The number of nitrogen functional groups attached to an aromatic ring is 1. The first-order chi connectivity index (χ1) is 9.31. The van der Waals surface area contributed by atoms with E-state index in [4.69, 9.17) is 5.73 Å². The number of aromatic nitrogens is 2. The number of nitro benzene ring substituents is 1. The molecule has 0 bridgehead atoms. The van der Waals surface area contributed by atoms with E-state index in [2.05, 4.69) is 9.82 Å². The van der Waals surface area contributed by atoms with Crippen molar-refractivity contribution in [3.8, 4) is 0 Å². The number of hydrogen-bond acceptors (Lipinski definition) is 6. The number of sulfonamides is 1. The molecule has 20 heavy (non-hydrogen) atoms. The Morgan fingerprint density at radius 2 is 2.10 bits per heavy atom. The molecule has 0 saturated carbocycles. The lowest BCUT2D eigenvalue weighted by molar-refractivity contribution is -0.387. The lowest BCUT2D eigenvalue weighted by Crippen LogP contribution is -2.17. The van der Waals surface area contributed by atoms with Gasteiger partial charge in [0, 0.05) is 24.9 Å². The van der Waals surface area contributed by atoms with E-state index in [1.165, 1.54) is 30.1 Å². The van der Waals surface area contributed by atoms with Crippen molar-refractivity contribution in [3.63, 3.8) is 0 Å². The summed E-state index contributed by atoms with van der Waals surface area (Å²) in [7, 11) is -2.57. The standard InChI is InChI=1S/C10H11N5O4S/c1-14-10(4-5-12-14)13-20(18,19)9-3-2-7(11)6-8(9)15(16)17/h2-6,13H,11H2,1H3. The minimum absolute atomic E-state index is 0.108. The minimum Gasteiger partial charge on any atom is -0.399 e. The first-order valence-corrected chi connectivity index (χ1v) is 6.84. The maximum Gasteiger partial charge on any atom is 0.291 e. The van der Waals surface area contributed by atoms with E-state index >= 15 is 0 Å². The molecule has 1 aromatic carbocycles. The van der Waals surface area contributed by atoms with Gasteiger partial charge in [0.2, 0.25) is 0 Å². The third kappa shape index (κ3) is 2.54. The molecular weight excluding hydrogens is 286 g/mol. The average molecular weight is 297 g/mol. The summed E-state index contributed by atoms with van der Waals surface area (Å²) in [5, 5.41) is 14.7. The average Bonchev–Trinajstić information content (AvgIpc) is 2.74. The van der Waals surface area contributed by atoms with E-state index in [0.29, 0.717) is 0 Å². The van der Waals surface area contributed by atoms with Gasteiger partial charge in [0.05, 0.1) is 11.1 Å². The predicted molar refractivity (Wildman–Crippen MR) is 71.5 cm³/mol. The zero-order chi connectivity index (χ0) is 14.9. The van der Waals surface area contributed by atoms with Gasteiger partial charge in [-0.15, -0.1) is 0 Å². The molecule has 2 aromatic rings. The molecule has 1 heterocycles. The Morgan fingerprint density at radius 3 is 2.65 bits per heavy atom. The van der Waals surface area contributed by atoms with Crippen molar-refractivity contribution in [1.29, 1.82) is 0 Å². The predicted octanol–water partition coefficient (Wildman–Crippen LogP) is 0.711. The molecule has 1 aromatic heterocycles. The highest BCUT2D eigenvalue weighted by molar-refractivity contribution is 7.92. The molecule has 0 saturated heterocycles. The van der Waals surface area contributed by atoms with Crippen LogP contribution < -0.4 is 10.5 Å². The summed E-state index contributed by atoms with van der Waals surface area (Å²) < 4.78 is 27.9. The minimum atomic E-state index is -4.11. The highest BCUT2D eigenvalue weighted by Crippen LogP contribution is 2.27. The molecule has 0 aliphatic heterocycles. The number of hydrogen-bond donors (Lipinski definition) is 2. The quantitative estimate of drug-likeness (QED) is 0.485. The summed E-state index contributed by atoms with van der Waals surface area (Å²) in [6.07, 6.45) is 1.40. The molecule has 0 aliphatic carbocycles. The molecule has 0 radical (unpaired) electrons. The van der Waals surface area contributed by atoms with Crippen LogP contribution in [-0.4, -0.2) is 23.1 Å². The number of benzene rings is 1. The zero-order valence-electron chi connectivity index (χ0n) is 10.3. The number of anilines is 2.